The monoisotopic (exact) mass is 278 g/mol. The second-order valence-electron chi connectivity index (χ2n) is 4.78. The summed E-state index contributed by atoms with van der Waals surface area (Å²) in [6, 6.07) is 3.14. The molecule has 0 atom stereocenters. The fraction of sp³-hybridized carbons (Fsp3) is 0.538. The first-order valence-electron chi connectivity index (χ1n) is 5.92. The Bertz CT molecular complexity index is 436. The lowest BCUT2D eigenvalue weighted by molar-refractivity contribution is -0.137. The Morgan fingerprint density at radius 3 is 2.28 bits per heavy atom. The van der Waals surface area contributed by atoms with Gasteiger partial charge in [0.25, 0.3) is 0 Å². The molecule has 0 bridgehead atoms. The van der Waals surface area contributed by atoms with Crippen molar-refractivity contribution >= 4 is 11.6 Å². The van der Waals surface area contributed by atoms with E-state index >= 15 is 0 Å². The van der Waals surface area contributed by atoms with Crippen LogP contribution >= 0.6 is 11.6 Å². The van der Waals surface area contributed by atoms with E-state index in [0.29, 0.717) is 12.8 Å². The summed E-state index contributed by atoms with van der Waals surface area (Å²) >= 11 is 5.94. The molecule has 1 aromatic carbocycles. The standard InChI is InChI=1S/C13H14ClF3O/c14-11-5-4-9(13(15,16)17)8-10(11)12(18)6-2-1-3-7-12/h4-5,8,18H,1-3,6-7H2. The molecule has 1 saturated carbocycles. The summed E-state index contributed by atoms with van der Waals surface area (Å²) in [6.45, 7) is 0. The van der Waals surface area contributed by atoms with Gasteiger partial charge >= 0.3 is 6.18 Å². The molecule has 1 N–H and O–H groups in total. The van der Waals surface area contributed by atoms with Gasteiger partial charge in [0, 0.05) is 10.6 Å². The summed E-state index contributed by atoms with van der Waals surface area (Å²) in [5, 5.41) is 10.7. The highest BCUT2D eigenvalue weighted by Crippen LogP contribution is 2.42. The van der Waals surface area contributed by atoms with Crippen LogP contribution in [0, 0.1) is 0 Å². The molecule has 1 aliphatic carbocycles. The van der Waals surface area contributed by atoms with Gasteiger partial charge in [-0.1, -0.05) is 30.9 Å². The van der Waals surface area contributed by atoms with Crippen LogP contribution in [0.1, 0.15) is 43.2 Å². The topological polar surface area (TPSA) is 20.2 Å². The number of benzene rings is 1. The van der Waals surface area contributed by atoms with Gasteiger partial charge in [0.15, 0.2) is 0 Å². The van der Waals surface area contributed by atoms with E-state index in [2.05, 4.69) is 0 Å². The van der Waals surface area contributed by atoms with Crippen LogP contribution in [0.4, 0.5) is 13.2 Å². The number of aliphatic hydroxyl groups is 1. The highest BCUT2D eigenvalue weighted by atomic mass is 35.5. The Morgan fingerprint density at radius 1 is 1.11 bits per heavy atom. The maximum absolute atomic E-state index is 12.7. The van der Waals surface area contributed by atoms with Crippen molar-refractivity contribution in [3.8, 4) is 0 Å². The molecule has 100 valence electrons. The third-order valence-corrected chi connectivity index (χ3v) is 3.81. The van der Waals surface area contributed by atoms with Gasteiger partial charge in [0.05, 0.1) is 11.2 Å². The minimum absolute atomic E-state index is 0.201. The molecule has 0 spiro atoms. The summed E-state index contributed by atoms with van der Waals surface area (Å²) in [5.41, 5.74) is -1.77. The van der Waals surface area contributed by atoms with Crippen molar-refractivity contribution in [3.05, 3.63) is 34.3 Å². The molecular weight excluding hydrogens is 265 g/mol. The first kappa shape index (κ1) is 13.7. The first-order valence-corrected chi connectivity index (χ1v) is 6.30. The maximum Gasteiger partial charge on any atom is 0.416 e. The lowest BCUT2D eigenvalue weighted by Gasteiger charge is -2.33. The Morgan fingerprint density at radius 2 is 1.72 bits per heavy atom. The van der Waals surface area contributed by atoms with Gasteiger partial charge in [-0.15, -0.1) is 0 Å². The van der Waals surface area contributed by atoms with Gasteiger partial charge in [-0.3, -0.25) is 0 Å². The average Bonchev–Trinajstić information content (AvgIpc) is 2.28. The second-order valence-corrected chi connectivity index (χ2v) is 5.19. The van der Waals surface area contributed by atoms with Crippen LogP contribution in [0.3, 0.4) is 0 Å². The van der Waals surface area contributed by atoms with E-state index in [-0.39, 0.29) is 10.6 Å². The minimum atomic E-state index is -4.41. The average molecular weight is 279 g/mol. The zero-order chi connectivity index (χ0) is 13.4. The van der Waals surface area contributed by atoms with Crippen molar-refractivity contribution in [3.63, 3.8) is 0 Å². The largest absolute Gasteiger partial charge is 0.416 e. The quantitative estimate of drug-likeness (QED) is 0.801. The van der Waals surface area contributed by atoms with Crippen molar-refractivity contribution in [2.24, 2.45) is 0 Å². The highest BCUT2D eigenvalue weighted by Gasteiger charge is 2.36. The number of hydrogen-bond acceptors (Lipinski definition) is 1. The van der Waals surface area contributed by atoms with E-state index in [1.165, 1.54) is 6.07 Å². The molecule has 1 nitrogen and oxygen atoms in total. The highest BCUT2D eigenvalue weighted by molar-refractivity contribution is 6.31. The molecule has 1 fully saturated rings. The summed E-state index contributed by atoms with van der Waals surface area (Å²) in [7, 11) is 0. The molecule has 0 aromatic heterocycles. The SMILES string of the molecule is OC1(c2cc(C(F)(F)F)ccc2Cl)CCCCC1. The van der Waals surface area contributed by atoms with Crippen LogP contribution < -0.4 is 0 Å². The number of halogens is 4. The Balaban J connectivity index is 2.43. The molecular formula is C13H14ClF3O. The smallest absolute Gasteiger partial charge is 0.385 e. The fourth-order valence-corrected chi connectivity index (χ4v) is 2.76. The first-order chi connectivity index (χ1) is 8.33. The van der Waals surface area contributed by atoms with Crippen LogP contribution in [-0.2, 0) is 11.8 Å². The lowest BCUT2D eigenvalue weighted by Crippen LogP contribution is -2.29. The molecule has 0 radical (unpaired) electrons. The van der Waals surface area contributed by atoms with E-state index in [0.717, 1.165) is 31.4 Å². The fourth-order valence-electron chi connectivity index (χ4n) is 2.46. The second kappa shape index (κ2) is 4.74. The van der Waals surface area contributed by atoms with Crippen molar-refractivity contribution < 1.29 is 18.3 Å². The van der Waals surface area contributed by atoms with Gasteiger partial charge in [-0.25, -0.2) is 0 Å². The zero-order valence-corrected chi connectivity index (χ0v) is 10.5. The van der Waals surface area contributed by atoms with Crippen LogP contribution in [0.15, 0.2) is 18.2 Å². The van der Waals surface area contributed by atoms with E-state index in [9.17, 15) is 18.3 Å². The lowest BCUT2D eigenvalue weighted by atomic mass is 9.79. The Kier molecular flexibility index (Phi) is 3.60. The molecule has 5 heteroatoms. The molecule has 0 unspecified atom stereocenters. The van der Waals surface area contributed by atoms with Gasteiger partial charge in [-0.05, 0) is 31.0 Å². The summed E-state index contributed by atoms with van der Waals surface area (Å²) in [4.78, 5) is 0. The molecule has 0 saturated heterocycles. The van der Waals surface area contributed by atoms with Crippen molar-refractivity contribution in [1.29, 1.82) is 0 Å². The third-order valence-electron chi connectivity index (χ3n) is 3.48. The van der Waals surface area contributed by atoms with Gasteiger partial charge in [0.1, 0.15) is 0 Å². The molecule has 18 heavy (non-hydrogen) atoms. The van der Waals surface area contributed by atoms with Crippen molar-refractivity contribution in [1.82, 2.24) is 0 Å². The van der Waals surface area contributed by atoms with E-state index < -0.39 is 17.3 Å². The molecule has 1 aliphatic rings. The number of rotatable bonds is 1. The van der Waals surface area contributed by atoms with Gasteiger partial charge < -0.3 is 5.11 Å². The normalized spacial score (nSPS) is 19.8. The van der Waals surface area contributed by atoms with E-state index in [4.69, 9.17) is 11.6 Å². The molecule has 2 rings (SSSR count). The van der Waals surface area contributed by atoms with Crippen molar-refractivity contribution in [2.45, 2.75) is 43.9 Å². The molecule has 0 amide bonds. The molecule has 1 aromatic rings. The summed E-state index contributed by atoms with van der Waals surface area (Å²) in [6.07, 6.45) is -0.864. The summed E-state index contributed by atoms with van der Waals surface area (Å²) < 4.78 is 38.0. The van der Waals surface area contributed by atoms with E-state index in [1.54, 1.807) is 0 Å². The number of alkyl halides is 3. The number of hydrogen-bond donors (Lipinski definition) is 1. The van der Waals surface area contributed by atoms with Gasteiger partial charge in [0.2, 0.25) is 0 Å². The predicted molar refractivity (Wildman–Crippen MR) is 63.4 cm³/mol. The van der Waals surface area contributed by atoms with Crippen LogP contribution in [0.25, 0.3) is 0 Å². The molecule has 0 heterocycles. The predicted octanol–water partition coefficient (Wildman–Crippen LogP) is 4.51. The zero-order valence-electron chi connectivity index (χ0n) is 9.73. The Hall–Kier alpha value is -0.740. The van der Waals surface area contributed by atoms with Crippen LogP contribution in [0.2, 0.25) is 5.02 Å². The molecule has 0 aliphatic heterocycles. The maximum atomic E-state index is 12.7. The summed E-state index contributed by atoms with van der Waals surface area (Å²) in [5.74, 6) is 0. The van der Waals surface area contributed by atoms with Gasteiger partial charge in [-0.2, -0.15) is 13.2 Å². The van der Waals surface area contributed by atoms with E-state index in [1.807, 2.05) is 0 Å². The van der Waals surface area contributed by atoms with Crippen molar-refractivity contribution in [2.75, 3.05) is 0 Å². The van der Waals surface area contributed by atoms with Crippen LogP contribution in [-0.4, -0.2) is 5.11 Å². The Labute approximate surface area is 109 Å². The minimum Gasteiger partial charge on any atom is -0.385 e. The third kappa shape index (κ3) is 2.64. The van der Waals surface area contributed by atoms with Crippen LogP contribution in [0.5, 0.6) is 0 Å².